The maximum atomic E-state index is 13.9. The number of alkyl halides is 3. The minimum atomic E-state index is -4.42. The van der Waals surface area contributed by atoms with E-state index < -0.39 is 11.7 Å². The monoisotopic (exact) mass is 480 g/mol. The molecular weight excluding hydrogens is 449 g/mol. The molecule has 2 aliphatic heterocycles. The molecule has 0 unspecified atom stereocenters. The fourth-order valence-corrected chi connectivity index (χ4v) is 6.03. The van der Waals surface area contributed by atoms with Gasteiger partial charge in [-0.3, -0.25) is 9.80 Å². The predicted molar refractivity (Wildman–Crippen MR) is 132 cm³/mol. The Morgan fingerprint density at radius 3 is 2.14 bits per heavy atom. The normalized spacial score (nSPS) is 21.3. The molecule has 2 saturated heterocycles. The molecule has 3 aromatic carbocycles. The third-order valence-corrected chi connectivity index (χ3v) is 7.51. The quantitative estimate of drug-likeness (QED) is 0.418. The molecule has 3 aromatic rings. The van der Waals surface area contributed by atoms with Gasteiger partial charge in [0.2, 0.25) is 0 Å². The van der Waals surface area contributed by atoms with Gasteiger partial charge in [0.1, 0.15) is 5.75 Å². The van der Waals surface area contributed by atoms with Crippen LogP contribution in [0.3, 0.4) is 0 Å². The summed E-state index contributed by atoms with van der Waals surface area (Å²) in [5.41, 5.74) is 2.10. The van der Waals surface area contributed by atoms with Crippen molar-refractivity contribution in [1.82, 2.24) is 9.80 Å². The van der Waals surface area contributed by atoms with E-state index in [1.807, 2.05) is 12.1 Å². The topological polar surface area (TPSA) is 15.7 Å². The molecule has 0 radical (unpaired) electrons. The van der Waals surface area contributed by atoms with Gasteiger partial charge in [0.05, 0.1) is 12.7 Å². The molecule has 6 heteroatoms. The van der Waals surface area contributed by atoms with Gasteiger partial charge in [-0.25, -0.2) is 0 Å². The Balaban J connectivity index is 1.52. The Labute approximate surface area is 205 Å². The third-order valence-electron chi connectivity index (χ3n) is 7.51. The van der Waals surface area contributed by atoms with Crippen molar-refractivity contribution in [2.45, 2.75) is 43.6 Å². The first-order chi connectivity index (χ1) is 17.0. The second-order valence-corrected chi connectivity index (χ2v) is 9.58. The van der Waals surface area contributed by atoms with Gasteiger partial charge in [0.15, 0.2) is 0 Å². The number of hydrogen-bond acceptors (Lipinski definition) is 3. The van der Waals surface area contributed by atoms with Crippen molar-refractivity contribution in [2.24, 2.45) is 0 Å². The molecule has 5 rings (SSSR count). The average Bonchev–Trinajstić information content (AvgIpc) is 3.34. The van der Waals surface area contributed by atoms with Crippen LogP contribution in [0.2, 0.25) is 0 Å². The fourth-order valence-electron chi connectivity index (χ4n) is 6.03. The predicted octanol–water partition coefficient (Wildman–Crippen LogP) is 6.19. The first-order valence-corrected chi connectivity index (χ1v) is 12.3. The molecule has 35 heavy (non-hydrogen) atoms. The average molecular weight is 481 g/mol. The van der Waals surface area contributed by atoms with E-state index in [1.165, 1.54) is 24.3 Å². The van der Waals surface area contributed by atoms with Crippen LogP contribution in [0.1, 0.15) is 41.0 Å². The van der Waals surface area contributed by atoms with Gasteiger partial charge in [-0.2, -0.15) is 13.2 Å². The third kappa shape index (κ3) is 4.95. The van der Waals surface area contributed by atoms with Crippen molar-refractivity contribution in [3.05, 3.63) is 101 Å². The van der Waals surface area contributed by atoms with Gasteiger partial charge < -0.3 is 4.74 Å². The summed E-state index contributed by atoms with van der Waals surface area (Å²) in [6, 6.07) is 25.7. The van der Waals surface area contributed by atoms with Crippen molar-refractivity contribution in [3.8, 4) is 5.75 Å². The summed E-state index contributed by atoms with van der Waals surface area (Å²) in [5, 5.41) is 0. The highest BCUT2D eigenvalue weighted by Crippen LogP contribution is 2.40. The lowest BCUT2D eigenvalue weighted by Crippen LogP contribution is -2.58. The molecule has 2 aliphatic rings. The smallest absolute Gasteiger partial charge is 0.416 e. The molecule has 2 atom stereocenters. The Bertz CT molecular complexity index is 1080. The highest BCUT2D eigenvalue weighted by atomic mass is 19.4. The molecule has 0 aromatic heterocycles. The molecule has 2 heterocycles. The molecule has 0 spiro atoms. The molecule has 184 valence electrons. The largest absolute Gasteiger partial charge is 0.496 e. The standard InChI is InChI=1S/C29H31F3N2O/c1-35-27-16-8-15-25(29(30,31)32)24(27)19-33-18-23-14-9-17-34(23)26(20-33)28(21-10-4-2-5-11-21)22-12-6-3-7-13-22/h2-8,10-13,15-16,23,26,28H,9,14,17-20H2,1H3/t23-,26-/m0/s1. The van der Waals surface area contributed by atoms with Crippen molar-refractivity contribution in [1.29, 1.82) is 0 Å². The van der Waals surface area contributed by atoms with Crippen molar-refractivity contribution >= 4 is 0 Å². The van der Waals surface area contributed by atoms with Gasteiger partial charge in [0.25, 0.3) is 0 Å². The summed E-state index contributed by atoms with van der Waals surface area (Å²) in [6.07, 6.45) is -2.23. The molecule has 0 bridgehead atoms. The number of methoxy groups -OCH3 is 1. The van der Waals surface area contributed by atoms with Crippen LogP contribution in [0.25, 0.3) is 0 Å². The minimum Gasteiger partial charge on any atom is -0.496 e. The zero-order valence-electron chi connectivity index (χ0n) is 19.9. The second-order valence-electron chi connectivity index (χ2n) is 9.58. The first-order valence-electron chi connectivity index (χ1n) is 12.3. The van der Waals surface area contributed by atoms with Crippen LogP contribution in [-0.4, -0.2) is 48.6 Å². The fraction of sp³-hybridized carbons (Fsp3) is 0.379. The highest BCUT2D eigenvalue weighted by Gasteiger charge is 2.43. The van der Waals surface area contributed by atoms with E-state index in [0.717, 1.165) is 32.0 Å². The van der Waals surface area contributed by atoms with Crippen LogP contribution < -0.4 is 4.74 Å². The number of ether oxygens (including phenoxy) is 1. The molecule has 2 fully saturated rings. The molecule has 3 nitrogen and oxygen atoms in total. The van der Waals surface area contributed by atoms with E-state index in [1.54, 1.807) is 6.07 Å². The first kappa shape index (κ1) is 23.9. The molecule has 0 saturated carbocycles. The zero-order valence-corrected chi connectivity index (χ0v) is 19.9. The number of piperazine rings is 1. The zero-order chi connectivity index (χ0) is 24.4. The van der Waals surface area contributed by atoms with E-state index >= 15 is 0 Å². The van der Waals surface area contributed by atoms with Gasteiger partial charge in [-0.15, -0.1) is 0 Å². The van der Waals surface area contributed by atoms with E-state index in [2.05, 4.69) is 58.3 Å². The highest BCUT2D eigenvalue weighted by molar-refractivity contribution is 5.42. The number of benzene rings is 3. The van der Waals surface area contributed by atoms with Crippen LogP contribution in [-0.2, 0) is 12.7 Å². The SMILES string of the molecule is COc1cccc(C(F)(F)F)c1CN1C[C@@H]2CCCN2[C@H](C(c2ccccc2)c2ccccc2)C1. The Morgan fingerprint density at radius 2 is 1.54 bits per heavy atom. The van der Waals surface area contributed by atoms with E-state index in [9.17, 15) is 13.2 Å². The Morgan fingerprint density at radius 1 is 0.886 bits per heavy atom. The number of halogens is 3. The van der Waals surface area contributed by atoms with Crippen molar-refractivity contribution in [2.75, 3.05) is 26.7 Å². The molecule has 0 amide bonds. The van der Waals surface area contributed by atoms with Crippen molar-refractivity contribution < 1.29 is 17.9 Å². The maximum Gasteiger partial charge on any atom is 0.416 e. The van der Waals surface area contributed by atoms with E-state index in [0.29, 0.717) is 18.3 Å². The maximum absolute atomic E-state index is 13.9. The number of rotatable bonds is 6. The number of nitrogens with zero attached hydrogens (tertiary/aromatic N) is 2. The lowest BCUT2D eigenvalue weighted by atomic mass is 9.82. The summed E-state index contributed by atoms with van der Waals surface area (Å²) >= 11 is 0. The van der Waals surface area contributed by atoms with Crippen LogP contribution in [0.4, 0.5) is 13.2 Å². The summed E-state index contributed by atoms with van der Waals surface area (Å²) in [5.74, 6) is 0.438. The molecule has 0 aliphatic carbocycles. The van der Waals surface area contributed by atoms with Gasteiger partial charge >= 0.3 is 6.18 Å². The molecule has 0 N–H and O–H groups in total. The summed E-state index contributed by atoms with van der Waals surface area (Å²) in [7, 11) is 1.44. The Hall–Kier alpha value is -2.83. The van der Waals surface area contributed by atoms with Crippen LogP contribution in [0, 0.1) is 0 Å². The van der Waals surface area contributed by atoms with Crippen molar-refractivity contribution in [3.63, 3.8) is 0 Å². The van der Waals surface area contributed by atoms with E-state index in [4.69, 9.17) is 4.74 Å². The summed E-state index contributed by atoms with van der Waals surface area (Å²) in [4.78, 5) is 4.82. The second kappa shape index (κ2) is 10.0. The van der Waals surface area contributed by atoms with Crippen LogP contribution in [0.5, 0.6) is 5.75 Å². The van der Waals surface area contributed by atoms with Gasteiger partial charge in [0, 0.05) is 43.2 Å². The van der Waals surface area contributed by atoms with E-state index in [-0.39, 0.29) is 24.1 Å². The van der Waals surface area contributed by atoms with Gasteiger partial charge in [-0.1, -0.05) is 66.7 Å². The van der Waals surface area contributed by atoms with Crippen LogP contribution >= 0.6 is 0 Å². The summed E-state index contributed by atoms with van der Waals surface area (Å²) in [6.45, 7) is 2.71. The lowest BCUT2D eigenvalue weighted by molar-refractivity contribution is -0.138. The number of fused-ring (bicyclic) bond motifs is 1. The van der Waals surface area contributed by atoms with Crippen LogP contribution in [0.15, 0.2) is 78.9 Å². The number of hydrogen-bond donors (Lipinski definition) is 0. The van der Waals surface area contributed by atoms with Gasteiger partial charge in [-0.05, 0) is 42.6 Å². The summed E-state index contributed by atoms with van der Waals surface area (Å²) < 4.78 is 47.1. The minimum absolute atomic E-state index is 0.139. The molecular formula is C29H31F3N2O. The Kier molecular flexibility index (Phi) is 6.85. The lowest BCUT2D eigenvalue weighted by Gasteiger charge is -2.47.